The molecule has 0 radical (unpaired) electrons. The normalized spacial score (nSPS) is 33.8. The van der Waals surface area contributed by atoms with E-state index < -0.39 is 0 Å². The monoisotopic (exact) mass is 141 g/mol. The van der Waals surface area contributed by atoms with E-state index in [1.807, 2.05) is 13.8 Å². The molecule has 1 N–H and O–H groups in total. The highest BCUT2D eigenvalue weighted by molar-refractivity contribution is 5.99. The Morgan fingerprint density at radius 3 is 1.90 bits per heavy atom. The van der Waals surface area contributed by atoms with Gasteiger partial charge in [-0.05, 0) is 6.42 Å². The summed E-state index contributed by atoms with van der Waals surface area (Å²) in [5, 5.41) is 2.30. The van der Waals surface area contributed by atoms with Gasteiger partial charge in [0.2, 0.25) is 11.8 Å². The van der Waals surface area contributed by atoms with Crippen LogP contribution in [0.2, 0.25) is 0 Å². The fraction of sp³-hybridized carbons (Fsp3) is 0.714. The molecule has 0 spiro atoms. The van der Waals surface area contributed by atoms with Gasteiger partial charge >= 0.3 is 0 Å². The Balaban J connectivity index is 2.63. The molecule has 10 heavy (non-hydrogen) atoms. The summed E-state index contributed by atoms with van der Waals surface area (Å²) in [5.74, 6) is -0.286. The predicted octanol–water partition coefficient (Wildman–Crippen LogP) is 0.305. The first kappa shape index (κ1) is 7.25. The van der Waals surface area contributed by atoms with Crippen molar-refractivity contribution in [3.63, 3.8) is 0 Å². The van der Waals surface area contributed by atoms with Crippen LogP contribution in [0, 0.1) is 11.8 Å². The molecule has 0 aromatic carbocycles. The van der Waals surface area contributed by atoms with Crippen LogP contribution in [0.25, 0.3) is 0 Å². The van der Waals surface area contributed by atoms with Crippen LogP contribution in [0.15, 0.2) is 0 Å². The van der Waals surface area contributed by atoms with Crippen molar-refractivity contribution >= 4 is 11.8 Å². The van der Waals surface area contributed by atoms with Crippen molar-refractivity contribution in [2.75, 3.05) is 0 Å². The third-order valence-electron chi connectivity index (χ3n) is 1.85. The third-order valence-corrected chi connectivity index (χ3v) is 1.85. The standard InChI is InChI=1S/C7H11NO2/c1-4-3-5(2)7(10)8-6(4)9/h4-5H,3H2,1-2H3,(H,8,9,10)/t4-,5-/m1/s1. The zero-order valence-corrected chi connectivity index (χ0v) is 6.18. The summed E-state index contributed by atoms with van der Waals surface area (Å²) in [6.45, 7) is 3.66. The van der Waals surface area contributed by atoms with Gasteiger partial charge in [-0.25, -0.2) is 0 Å². The zero-order valence-electron chi connectivity index (χ0n) is 6.18. The van der Waals surface area contributed by atoms with Crippen LogP contribution < -0.4 is 5.32 Å². The fourth-order valence-corrected chi connectivity index (χ4v) is 1.11. The summed E-state index contributed by atoms with van der Waals surface area (Å²) in [6.07, 6.45) is 0.685. The second-order valence-electron chi connectivity index (χ2n) is 2.89. The molecular weight excluding hydrogens is 130 g/mol. The van der Waals surface area contributed by atoms with Gasteiger partial charge in [0.1, 0.15) is 0 Å². The van der Waals surface area contributed by atoms with E-state index in [4.69, 9.17) is 0 Å². The molecule has 3 nitrogen and oxygen atoms in total. The summed E-state index contributed by atoms with van der Waals surface area (Å²) < 4.78 is 0. The molecule has 1 heterocycles. The molecule has 1 rings (SSSR count). The summed E-state index contributed by atoms with van der Waals surface area (Å²) in [4.78, 5) is 21.6. The van der Waals surface area contributed by atoms with Gasteiger partial charge in [0, 0.05) is 11.8 Å². The highest BCUT2D eigenvalue weighted by Gasteiger charge is 2.28. The highest BCUT2D eigenvalue weighted by Crippen LogP contribution is 2.16. The van der Waals surface area contributed by atoms with Crippen molar-refractivity contribution in [3.05, 3.63) is 0 Å². The molecule has 0 aliphatic carbocycles. The second kappa shape index (κ2) is 2.40. The number of carbonyl (C=O) groups is 2. The number of amides is 2. The van der Waals surface area contributed by atoms with Crippen molar-refractivity contribution in [2.45, 2.75) is 20.3 Å². The summed E-state index contributed by atoms with van der Waals surface area (Å²) in [5.41, 5.74) is 0. The maximum Gasteiger partial charge on any atom is 0.229 e. The van der Waals surface area contributed by atoms with Crippen LogP contribution in [0.4, 0.5) is 0 Å². The molecule has 0 unspecified atom stereocenters. The van der Waals surface area contributed by atoms with Crippen molar-refractivity contribution in [3.8, 4) is 0 Å². The number of carbonyl (C=O) groups excluding carboxylic acids is 2. The Labute approximate surface area is 59.8 Å². The minimum Gasteiger partial charge on any atom is -0.296 e. The van der Waals surface area contributed by atoms with Crippen molar-refractivity contribution in [2.24, 2.45) is 11.8 Å². The molecule has 56 valence electrons. The Bertz CT molecular complexity index is 158. The fourth-order valence-electron chi connectivity index (χ4n) is 1.11. The quantitative estimate of drug-likeness (QED) is 0.493. The summed E-state index contributed by atoms with van der Waals surface area (Å²) >= 11 is 0. The van der Waals surface area contributed by atoms with Crippen molar-refractivity contribution in [1.82, 2.24) is 5.32 Å². The van der Waals surface area contributed by atoms with Gasteiger partial charge in [0.05, 0.1) is 0 Å². The van der Waals surface area contributed by atoms with Crippen LogP contribution in [-0.2, 0) is 9.59 Å². The van der Waals surface area contributed by atoms with E-state index in [2.05, 4.69) is 5.32 Å². The first-order valence-electron chi connectivity index (χ1n) is 3.46. The van der Waals surface area contributed by atoms with Gasteiger partial charge in [-0.3, -0.25) is 14.9 Å². The maximum absolute atomic E-state index is 10.8. The largest absolute Gasteiger partial charge is 0.296 e. The van der Waals surface area contributed by atoms with E-state index in [-0.39, 0.29) is 23.7 Å². The molecule has 0 bridgehead atoms. The number of hydrogen-bond acceptors (Lipinski definition) is 2. The van der Waals surface area contributed by atoms with Gasteiger partial charge in [0.15, 0.2) is 0 Å². The average molecular weight is 141 g/mol. The van der Waals surface area contributed by atoms with Crippen LogP contribution in [0.5, 0.6) is 0 Å². The topological polar surface area (TPSA) is 46.2 Å². The second-order valence-corrected chi connectivity index (χ2v) is 2.89. The number of nitrogens with one attached hydrogen (secondary N) is 1. The van der Waals surface area contributed by atoms with Crippen LogP contribution in [0.1, 0.15) is 20.3 Å². The van der Waals surface area contributed by atoms with E-state index in [0.29, 0.717) is 6.42 Å². The van der Waals surface area contributed by atoms with Gasteiger partial charge in [0.25, 0.3) is 0 Å². The lowest BCUT2D eigenvalue weighted by molar-refractivity contribution is -0.138. The van der Waals surface area contributed by atoms with E-state index >= 15 is 0 Å². The molecule has 1 aliphatic rings. The summed E-state index contributed by atoms with van der Waals surface area (Å²) in [7, 11) is 0. The molecule has 0 saturated carbocycles. The third kappa shape index (κ3) is 1.17. The molecule has 0 aromatic rings. The number of hydrogen-bond donors (Lipinski definition) is 1. The van der Waals surface area contributed by atoms with E-state index in [9.17, 15) is 9.59 Å². The molecule has 2 amide bonds. The molecule has 1 saturated heterocycles. The first-order valence-corrected chi connectivity index (χ1v) is 3.46. The van der Waals surface area contributed by atoms with Crippen molar-refractivity contribution in [1.29, 1.82) is 0 Å². The van der Waals surface area contributed by atoms with Crippen LogP contribution in [0.3, 0.4) is 0 Å². The zero-order chi connectivity index (χ0) is 7.72. The molecule has 1 fully saturated rings. The molecule has 1 aliphatic heterocycles. The van der Waals surface area contributed by atoms with Gasteiger partial charge in [-0.2, -0.15) is 0 Å². The molecular formula is C7H11NO2. The number of rotatable bonds is 0. The minimum atomic E-state index is -0.136. The first-order chi connectivity index (χ1) is 4.61. The Morgan fingerprint density at radius 1 is 1.20 bits per heavy atom. The van der Waals surface area contributed by atoms with E-state index in [1.54, 1.807) is 0 Å². The Morgan fingerprint density at radius 2 is 1.60 bits per heavy atom. The average Bonchev–Trinajstić information content (AvgIpc) is 1.84. The van der Waals surface area contributed by atoms with E-state index in [1.165, 1.54) is 0 Å². The van der Waals surface area contributed by atoms with Crippen LogP contribution >= 0.6 is 0 Å². The Kier molecular flexibility index (Phi) is 1.74. The van der Waals surface area contributed by atoms with E-state index in [0.717, 1.165) is 0 Å². The Hall–Kier alpha value is -0.860. The molecule has 0 aromatic heterocycles. The SMILES string of the molecule is C[C@@H]1C[C@@H](C)C(=O)NC1=O. The van der Waals surface area contributed by atoms with Gasteiger partial charge < -0.3 is 0 Å². The predicted molar refractivity (Wildman–Crippen MR) is 36.1 cm³/mol. The molecule has 3 heteroatoms. The highest BCUT2D eigenvalue weighted by atomic mass is 16.2. The number of piperidine rings is 1. The van der Waals surface area contributed by atoms with Crippen molar-refractivity contribution < 1.29 is 9.59 Å². The minimum absolute atomic E-state index is 0.00676. The van der Waals surface area contributed by atoms with Crippen LogP contribution in [-0.4, -0.2) is 11.8 Å². The lowest BCUT2D eigenvalue weighted by Gasteiger charge is -2.21. The molecule has 2 atom stereocenters. The number of imide groups is 1. The smallest absolute Gasteiger partial charge is 0.229 e. The lowest BCUT2D eigenvalue weighted by Crippen LogP contribution is -2.44. The lowest BCUT2D eigenvalue weighted by atomic mass is 9.92. The maximum atomic E-state index is 10.8. The van der Waals surface area contributed by atoms with Gasteiger partial charge in [-0.15, -0.1) is 0 Å². The summed E-state index contributed by atoms with van der Waals surface area (Å²) in [6, 6.07) is 0. The van der Waals surface area contributed by atoms with Gasteiger partial charge in [-0.1, -0.05) is 13.8 Å².